The van der Waals surface area contributed by atoms with Crippen molar-refractivity contribution >= 4 is 0 Å². The van der Waals surface area contributed by atoms with Crippen LogP contribution in [-0.2, 0) is 11.2 Å². The van der Waals surface area contributed by atoms with Gasteiger partial charge in [0.2, 0.25) is 0 Å². The zero-order chi connectivity index (χ0) is 22.9. The lowest BCUT2D eigenvalue weighted by Crippen LogP contribution is -2.46. The van der Waals surface area contributed by atoms with Crippen LogP contribution in [0.5, 0.6) is 11.5 Å². The van der Waals surface area contributed by atoms with E-state index in [9.17, 15) is 10.2 Å². The van der Waals surface area contributed by atoms with Crippen LogP contribution in [0.15, 0.2) is 18.2 Å². The topological polar surface area (TPSA) is 83.4 Å². The van der Waals surface area contributed by atoms with Gasteiger partial charge in [0.15, 0.2) is 11.5 Å². The van der Waals surface area contributed by atoms with E-state index in [1.54, 1.807) is 7.11 Å². The van der Waals surface area contributed by atoms with Gasteiger partial charge in [0, 0.05) is 31.7 Å². The number of nitrogens with zero attached hydrogens (tertiary/aromatic N) is 1. The van der Waals surface area contributed by atoms with E-state index in [1.165, 1.54) is 12.8 Å². The van der Waals surface area contributed by atoms with Gasteiger partial charge in [0.25, 0.3) is 0 Å². The summed E-state index contributed by atoms with van der Waals surface area (Å²) < 4.78 is 17.6. The molecule has 0 aromatic heterocycles. The molecule has 1 aromatic carbocycles. The lowest BCUT2D eigenvalue weighted by atomic mass is 9.91. The fourth-order valence-electron chi connectivity index (χ4n) is 4.69. The number of aliphatic hydroxyl groups is 2. The first-order chi connectivity index (χ1) is 15.5. The molecule has 4 atom stereocenters. The summed E-state index contributed by atoms with van der Waals surface area (Å²) in [6, 6.07) is 6.70. The van der Waals surface area contributed by atoms with Crippen molar-refractivity contribution in [2.75, 3.05) is 40.0 Å². The van der Waals surface area contributed by atoms with Gasteiger partial charge >= 0.3 is 0 Å². The molecule has 2 aliphatic rings. The number of aliphatic hydroxyl groups excluding tert-OH is 2. The highest BCUT2D eigenvalue weighted by Gasteiger charge is 2.34. The Bertz CT molecular complexity index is 686. The van der Waals surface area contributed by atoms with Crippen molar-refractivity contribution in [3.8, 4) is 11.5 Å². The number of β-amino-alcohol motifs (C(OH)–C–C–N with tert-alkyl or cyclic N) is 1. The average Bonchev–Trinajstić information content (AvgIpc) is 3.23. The van der Waals surface area contributed by atoms with Crippen LogP contribution in [0, 0.1) is 0 Å². The Morgan fingerprint density at radius 2 is 1.97 bits per heavy atom. The normalized spacial score (nSPS) is 25.2. The minimum atomic E-state index is -0.574. The SMILES string of the molecule is COc1cc(CCO[C@@H]2CCCC[C@H]2N2CCC(O)C2)ccc1OCC(O)CNC(C)C. The van der Waals surface area contributed by atoms with Crippen LogP contribution in [0.4, 0.5) is 0 Å². The first kappa shape index (κ1) is 25.2. The highest BCUT2D eigenvalue weighted by Crippen LogP contribution is 2.30. The van der Waals surface area contributed by atoms with E-state index >= 15 is 0 Å². The number of methoxy groups -OCH3 is 1. The second-order valence-electron chi connectivity index (χ2n) is 9.46. The summed E-state index contributed by atoms with van der Waals surface area (Å²) in [6.07, 6.45) is 5.91. The van der Waals surface area contributed by atoms with E-state index < -0.39 is 6.10 Å². The smallest absolute Gasteiger partial charge is 0.161 e. The van der Waals surface area contributed by atoms with Crippen molar-refractivity contribution in [3.05, 3.63) is 23.8 Å². The molecule has 1 aromatic rings. The highest BCUT2D eigenvalue weighted by atomic mass is 16.5. The molecule has 2 unspecified atom stereocenters. The van der Waals surface area contributed by atoms with Crippen LogP contribution >= 0.6 is 0 Å². The predicted octanol–water partition coefficient (Wildman–Crippen LogP) is 2.37. The quantitative estimate of drug-likeness (QED) is 0.451. The molecule has 32 heavy (non-hydrogen) atoms. The molecule has 1 aliphatic heterocycles. The molecule has 1 heterocycles. The molecule has 2 fully saturated rings. The van der Waals surface area contributed by atoms with Crippen molar-refractivity contribution in [2.45, 2.75) is 82.8 Å². The van der Waals surface area contributed by atoms with Gasteiger partial charge in [-0.3, -0.25) is 4.90 Å². The van der Waals surface area contributed by atoms with Crippen LogP contribution in [0.1, 0.15) is 51.5 Å². The van der Waals surface area contributed by atoms with Crippen LogP contribution < -0.4 is 14.8 Å². The number of rotatable bonds is 12. The van der Waals surface area contributed by atoms with Crippen LogP contribution in [0.3, 0.4) is 0 Å². The van der Waals surface area contributed by atoms with Gasteiger partial charge in [-0.2, -0.15) is 0 Å². The number of ether oxygens (including phenoxy) is 3. The Morgan fingerprint density at radius 1 is 1.16 bits per heavy atom. The number of hydrogen-bond acceptors (Lipinski definition) is 7. The summed E-state index contributed by atoms with van der Waals surface area (Å²) in [4.78, 5) is 2.43. The van der Waals surface area contributed by atoms with Crippen molar-refractivity contribution in [3.63, 3.8) is 0 Å². The minimum Gasteiger partial charge on any atom is -0.493 e. The van der Waals surface area contributed by atoms with Crippen LogP contribution in [-0.4, -0.2) is 85.5 Å². The third-order valence-corrected chi connectivity index (χ3v) is 6.48. The molecule has 1 saturated heterocycles. The van der Waals surface area contributed by atoms with Gasteiger partial charge in [-0.25, -0.2) is 0 Å². The van der Waals surface area contributed by atoms with E-state index in [1.807, 2.05) is 32.0 Å². The average molecular weight is 451 g/mol. The third kappa shape index (κ3) is 7.59. The Labute approximate surface area is 193 Å². The second-order valence-corrected chi connectivity index (χ2v) is 9.46. The first-order valence-electron chi connectivity index (χ1n) is 12.2. The summed E-state index contributed by atoms with van der Waals surface area (Å²) in [7, 11) is 1.64. The third-order valence-electron chi connectivity index (χ3n) is 6.48. The summed E-state index contributed by atoms with van der Waals surface area (Å²) in [6.45, 7) is 7.23. The molecule has 1 aliphatic carbocycles. The predicted molar refractivity (Wildman–Crippen MR) is 126 cm³/mol. The zero-order valence-electron chi connectivity index (χ0n) is 20.0. The highest BCUT2D eigenvalue weighted by molar-refractivity contribution is 5.43. The molecule has 7 heteroatoms. The van der Waals surface area contributed by atoms with E-state index in [-0.39, 0.29) is 18.8 Å². The standard InChI is InChI=1S/C25H42N2O5/c1-18(2)26-15-21(29)17-32-24-9-8-19(14-25(24)30-3)11-13-31-23-7-5-4-6-22(23)27-12-10-20(28)16-27/h8-9,14,18,20-23,26,28-29H,4-7,10-13,15-17H2,1-3H3/t20?,21?,22-,23-/m1/s1. The summed E-state index contributed by atoms with van der Waals surface area (Å²) in [5.74, 6) is 1.31. The number of nitrogens with one attached hydrogen (secondary N) is 1. The maximum Gasteiger partial charge on any atom is 0.161 e. The molecule has 7 nitrogen and oxygen atoms in total. The monoisotopic (exact) mass is 450 g/mol. The number of likely N-dealkylation sites (tertiary alicyclic amines) is 1. The largest absolute Gasteiger partial charge is 0.493 e. The van der Waals surface area contributed by atoms with Gasteiger partial charge in [-0.05, 0) is 43.4 Å². The summed E-state index contributed by atoms with van der Waals surface area (Å²) in [5, 5.41) is 23.2. The molecule has 182 valence electrons. The summed E-state index contributed by atoms with van der Waals surface area (Å²) in [5.41, 5.74) is 1.14. The fourth-order valence-corrected chi connectivity index (χ4v) is 4.69. The number of benzene rings is 1. The Balaban J connectivity index is 1.47. The van der Waals surface area contributed by atoms with Gasteiger partial charge in [0.05, 0.1) is 25.9 Å². The molecule has 0 amide bonds. The van der Waals surface area contributed by atoms with E-state index in [4.69, 9.17) is 14.2 Å². The Morgan fingerprint density at radius 3 is 2.69 bits per heavy atom. The molecule has 1 saturated carbocycles. The maximum absolute atomic E-state index is 10.1. The minimum absolute atomic E-state index is 0.182. The van der Waals surface area contributed by atoms with E-state index in [0.717, 1.165) is 44.3 Å². The lowest BCUT2D eigenvalue weighted by Gasteiger charge is -2.37. The zero-order valence-corrected chi connectivity index (χ0v) is 20.0. The maximum atomic E-state index is 10.1. The fraction of sp³-hybridized carbons (Fsp3) is 0.760. The molecular weight excluding hydrogens is 408 g/mol. The first-order valence-corrected chi connectivity index (χ1v) is 12.2. The van der Waals surface area contributed by atoms with Crippen LogP contribution in [0.2, 0.25) is 0 Å². The van der Waals surface area contributed by atoms with Crippen molar-refractivity contribution in [1.82, 2.24) is 10.2 Å². The Hall–Kier alpha value is -1.38. The summed E-state index contributed by atoms with van der Waals surface area (Å²) >= 11 is 0. The van der Waals surface area contributed by atoms with Gasteiger partial charge < -0.3 is 29.7 Å². The van der Waals surface area contributed by atoms with Crippen molar-refractivity contribution in [2.24, 2.45) is 0 Å². The molecule has 0 spiro atoms. The Kier molecular flexibility index (Phi) is 10.1. The van der Waals surface area contributed by atoms with Crippen molar-refractivity contribution < 1.29 is 24.4 Å². The van der Waals surface area contributed by atoms with E-state index in [0.29, 0.717) is 36.7 Å². The molecular formula is C25H42N2O5. The van der Waals surface area contributed by atoms with Crippen LogP contribution in [0.25, 0.3) is 0 Å². The lowest BCUT2D eigenvalue weighted by molar-refractivity contribution is -0.0316. The van der Waals surface area contributed by atoms with Crippen molar-refractivity contribution in [1.29, 1.82) is 0 Å². The molecule has 3 rings (SSSR count). The van der Waals surface area contributed by atoms with Gasteiger partial charge in [-0.15, -0.1) is 0 Å². The van der Waals surface area contributed by atoms with E-state index in [2.05, 4.69) is 10.2 Å². The van der Waals surface area contributed by atoms with Gasteiger partial charge in [0.1, 0.15) is 12.7 Å². The molecule has 3 N–H and O–H groups in total. The number of hydrogen-bond donors (Lipinski definition) is 3. The van der Waals surface area contributed by atoms with Gasteiger partial charge in [-0.1, -0.05) is 32.8 Å². The molecule has 0 radical (unpaired) electrons. The molecule has 0 bridgehead atoms. The second kappa shape index (κ2) is 12.8.